The third-order valence-corrected chi connectivity index (χ3v) is 3.81. The molecule has 21 heavy (non-hydrogen) atoms. The molecule has 4 heteroatoms. The molecule has 2 aromatic rings. The van der Waals surface area contributed by atoms with Gasteiger partial charge in [0.1, 0.15) is 11.6 Å². The van der Waals surface area contributed by atoms with Crippen molar-refractivity contribution >= 4 is 5.78 Å². The molecule has 2 nitrogen and oxygen atoms in total. The van der Waals surface area contributed by atoms with Gasteiger partial charge >= 0.3 is 0 Å². The van der Waals surface area contributed by atoms with Crippen LogP contribution < -0.4 is 5.32 Å². The number of Topliss-reactive ketones (excluding diaryl/α,β-unsaturated/α-hetero) is 1. The molecule has 3 rings (SSSR count). The minimum atomic E-state index is -0.674. The molecule has 1 atom stereocenters. The largest absolute Gasteiger partial charge is 0.303 e. The van der Waals surface area contributed by atoms with Gasteiger partial charge < -0.3 is 5.32 Å². The molecular formula is C17H15F2NO. The summed E-state index contributed by atoms with van der Waals surface area (Å²) >= 11 is 0. The summed E-state index contributed by atoms with van der Waals surface area (Å²) in [5.74, 6) is -1.41. The van der Waals surface area contributed by atoms with Crippen LogP contribution in [0.5, 0.6) is 0 Å². The van der Waals surface area contributed by atoms with Crippen molar-refractivity contribution in [1.29, 1.82) is 0 Å². The molecule has 1 heterocycles. The fourth-order valence-electron chi connectivity index (χ4n) is 2.75. The Morgan fingerprint density at radius 3 is 2.81 bits per heavy atom. The summed E-state index contributed by atoms with van der Waals surface area (Å²) in [5.41, 5.74) is 2.33. The van der Waals surface area contributed by atoms with Gasteiger partial charge in [0.05, 0.1) is 6.04 Å². The average Bonchev–Trinajstić information content (AvgIpc) is 2.49. The molecule has 108 valence electrons. The first kappa shape index (κ1) is 13.9. The molecule has 0 amide bonds. The van der Waals surface area contributed by atoms with Crippen LogP contribution in [0.2, 0.25) is 0 Å². The van der Waals surface area contributed by atoms with Crippen LogP contribution in [0, 0.1) is 11.6 Å². The maximum Gasteiger partial charge on any atom is 0.158 e. The average molecular weight is 287 g/mol. The molecule has 1 aliphatic heterocycles. The molecule has 1 N–H and O–H groups in total. The molecule has 0 bridgehead atoms. The van der Waals surface area contributed by atoms with Crippen molar-refractivity contribution in [2.45, 2.75) is 18.9 Å². The summed E-state index contributed by atoms with van der Waals surface area (Å²) in [7, 11) is 0. The summed E-state index contributed by atoms with van der Waals surface area (Å²) in [4.78, 5) is 12.4. The zero-order valence-electron chi connectivity index (χ0n) is 11.4. The van der Waals surface area contributed by atoms with Crippen LogP contribution in [0.3, 0.4) is 0 Å². The number of halogens is 2. The lowest BCUT2D eigenvalue weighted by molar-refractivity contribution is -0.120. The zero-order chi connectivity index (χ0) is 14.8. The number of fused-ring (bicyclic) bond motifs is 1. The normalized spacial score (nSPS) is 17.3. The zero-order valence-corrected chi connectivity index (χ0v) is 11.4. The van der Waals surface area contributed by atoms with Crippen molar-refractivity contribution in [1.82, 2.24) is 5.32 Å². The highest BCUT2D eigenvalue weighted by atomic mass is 19.1. The van der Waals surface area contributed by atoms with Gasteiger partial charge in [-0.3, -0.25) is 4.79 Å². The summed E-state index contributed by atoms with van der Waals surface area (Å²) in [6.07, 6.45) is 0.836. The molecule has 0 aromatic heterocycles. The molecule has 0 radical (unpaired) electrons. The van der Waals surface area contributed by atoms with E-state index in [1.165, 1.54) is 12.1 Å². The van der Waals surface area contributed by atoms with Gasteiger partial charge in [-0.15, -0.1) is 0 Å². The van der Waals surface area contributed by atoms with E-state index in [1.54, 1.807) is 0 Å². The monoisotopic (exact) mass is 287 g/mol. The maximum atomic E-state index is 13.7. The van der Waals surface area contributed by atoms with E-state index in [2.05, 4.69) is 5.32 Å². The first-order valence-electron chi connectivity index (χ1n) is 6.93. The number of ketones is 1. The third kappa shape index (κ3) is 2.85. The third-order valence-electron chi connectivity index (χ3n) is 3.81. The second-order valence-electron chi connectivity index (χ2n) is 5.21. The molecule has 0 saturated carbocycles. The van der Waals surface area contributed by atoms with Gasteiger partial charge in [-0.2, -0.15) is 0 Å². The van der Waals surface area contributed by atoms with E-state index in [1.807, 2.05) is 24.3 Å². The standard InChI is InChI=1S/C17H15F2NO/c18-13-6-5-12(15(19)10-13)9-16(21)17-14-4-2-1-3-11(14)7-8-20-17/h1-6,10,17,20H,7-9H2. The van der Waals surface area contributed by atoms with Gasteiger partial charge in [-0.05, 0) is 29.2 Å². The molecule has 2 aromatic carbocycles. The van der Waals surface area contributed by atoms with Gasteiger partial charge in [0.25, 0.3) is 0 Å². The van der Waals surface area contributed by atoms with Crippen LogP contribution in [-0.4, -0.2) is 12.3 Å². The minimum absolute atomic E-state index is 0.0435. The van der Waals surface area contributed by atoms with Gasteiger partial charge in [0, 0.05) is 19.0 Å². The number of hydrogen-bond donors (Lipinski definition) is 1. The van der Waals surface area contributed by atoms with Crippen molar-refractivity contribution < 1.29 is 13.6 Å². The van der Waals surface area contributed by atoms with Crippen LogP contribution in [0.15, 0.2) is 42.5 Å². The quantitative estimate of drug-likeness (QED) is 0.940. The summed E-state index contributed by atoms with van der Waals surface area (Å²) in [6, 6.07) is 10.7. The van der Waals surface area contributed by atoms with E-state index in [4.69, 9.17) is 0 Å². The van der Waals surface area contributed by atoms with E-state index in [-0.39, 0.29) is 17.8 Å². The maximum absolute atomic E-state index is 13.7. The Hall–Kier alpha value is -2.07. The number of benzene rings is 2. The lowest BCUT2D eigenvalue weighted by Crippen LogP contribution is -2.36. The number of hydrogen-bond acceptors (Lipinski definition) is 2. The van der Waals surface area contributed by atoms with Gasteiger partial charge in [-0.25, -0.2) is 8.78 Å². The second-order valence-corrected chi connectivity index (χ2v) is 5.21. The van der Waals surface area contributed by atoms with Crippen molar-refractivity contribution in [2.75, 3.05) is 6.54 Å². The highest BCUT2D eigenvalue weighted by molar-refractivity contribution is 5.87. The molecule has 0 spiro atoms. The Labute approximate surface area is 121 Å². The van der Waals surface area contributed by atoms with E-state index in [9.17, 15) is 13.6 Å². The van der Waals surface area contributed by atoms with Crippen LogP contribution in [0.1, 0.15) is 22.7 Å². The van der Waals surface area contributed by atoms with Crippen molar-refractivity contribution in [3.63, 3.8) is 0 Å². The summed E-state index contributed by atoms with van der Waals surface area (Å²) in [5, 5.41) is 3.18. The Bertz CT molecular complexity index is 684. The van der Waals surface area contributed by atoms with Crippen LogP contribution in [0.25, 0.3) is 0 Å². The first-order chi connectivity index (χ1) is 10.1. The highest BCUT2D eigenvalue weighted by Crippen LogP contribution is 2.25. The Kier molecular flexibility index (Phi) is 3.80. The predicted molar refractivity (Wildman–Crippen MR) is 76.0 cm³/mol. The number of nitrogens with one attached hydrogen (secondary N) is 1. The molecule has 1 unspecified atom stereocenters. The second kappa shape index (κ2) is 5.74. The number of carbonyl (C=O) groups is 1. The van der Waals surface area contributed by atoms with Gasteiger partial charge in [0.15, 0.2) is 5.78 Å². The van der Waals surface area contributed by atoms with Crippen molar-refractivity contribution in [3.8, 4) is 0 Å². The van der Waals surface area contributed by atoms with Crippen LogP contribution >= 0.6 is 0 Å². The fraction of sp³-hybridized carbons (Fsp3) is 0.235. The number of rotatable bonds is 3. The molecule has 0 aliphatic carbocycles. The molecule has 0 saturated heterocycles. The molecular weight excluding hydrogens is 272 g/mol. The predicted octanol–water partition coefficient (Wildman–Crippen LogP) is 2.96. The summed E-state index contributed by atoms with van der Waals surface area (Å²) in [6.45, 7) is 0.722. The van der Waals surface area contributed by atoms with Gasteiger partial charge in [0.2, 0.25) is 0 Å². The lowest BCUT2D eigenvalue weighted by Gasteiger charge is -2.26. The first-order valence-corrected chi connectivity index (χ1v) is 6.93. The highest BCUT2D eigenvalue weighted by Gasteiger charge is 2.26. The van der Waals surface area contributed by atoms with Gasteiger partial charge in [-0.1, -0.05) is 30.3 Å². The topological polar surface area (TPSA) is 29.1 Å². The Morgan fingerprint density at radius 2 is 2.00 bits per heavy atom. The van der Waals surface area contributed by atoms with Crippen molar-refractivity contribution in [3.05, 3.63) is 70.8 Å². The van der Waals surface area contributed by atoms with E-state index >= 15 is 0 Å². The van der Waals surface area contributed by atoms with E-state index in [0.29, 0.717) is 0 Å². The number of carbonyl (C=O) groups excluding carboxylic acids is 1. The minimum Gasteiger partial charge on any atom is -0.303 e. The molecule has 0 fully saturated rings. The Morgan fingerprint density at radius 1 is 1.19 bits per heavy atom. The van der Waals surface area contributed by atoms with E-state index in [0.717, 1.165) is 30.2 Å². The fourth-order valence-corrected chi connectivity index (χ4v) is 2.75. The van der Waals surface area contributed by atoms with Crippen LogP contribution in [-0.2, 0) is 17.6 Å². The SMILES string of the molecule is O=C(Cc1ccc(F)cc1F)C1NCCc2ccccc21. The lowest BCUT2D eigenvalue weighted by atomic mass is 9.90. The summed E-state index contributed by atoms with van der Waals surface area (Å²) < 4.78 is 26.6. The smallest absolute Gasteiger partial charge is 0.158 e. The van der Waals surface area contributed by atoms with Crippen molar-refractivity contribution in [2.24, 2.45) is 0 Å². The Balaban J connectivity index is 1.83. The molecule has 1 aliphatic rings. The van der Waals surface area contributed by atoms with Crippen LogP contribution in [0.4, 0.5) is 8.78 Å². The van der Waals surface area contributed by atoms with E-state index < -0.39 is 17.7 Å².